The van der Waals surface area contributed by atoms with Gasteiger partial charge in [-0.25, -0.2) is 0 Å². The molecule has 0 aromatic heterocycles. The molecule has 16 heavy (non-hydrogen) atoms. The van der Waals surface area contributed by atoms with Crippen molar-refractivity contribution < 1.29 is 14.3 Å². The first-order chi connectivity index (χ1) is 7.13. The number of carbonyl (C=O) groups is 2. The van der Waals surface area contributed by atoms with Gasteiger partial charge in [0.05, 0.1) is 6.04 Å². The van der Waals surface area contributed by atoms with E-state index in [4.69, 9.17) is 10.5 Å². The number of nitrogens with two attached hydrogens (primary N) is 1. The van der Waals surface area contributed by atoms with Gasteiger partial charge in [-0.2, -0.15) is 0 Å². The minimum absolute atomic E-state index is 0.0404. The minimum atomic E-state index is -0.595. The van der Waals surface area contributed by atoms with Gasteiger partial charge in [-0.15, -0.1) is 0 Å². The highest BCUT2D eigenvalue weighted by Crippen LogP contribution is 2.06. The highest BCUT2D eigenvalue weighted by atomic mass is 16.6. The van der Waals surface area contributed by atoms with Gasteiger partial charge in [0.2, 0.25) is 5.91 Å². The zero-order chi connectivity index (χ0) is 12.9. The summed E-state index contributed by atoms with van der Waals surface area (Å²) in [6.45, 7) is 8.86. The molecule has 5 nitrogen and oxygen atoms in total. The molecule has 0 radical (unpaired) electrons. The third kappa shape index (κ3) is 6.40. The van der Waals surface area contributed by atoms with Gasteiger partial charge in [0.15, 0.2) is 0 Å². The Morgan fingerprint density at radius 1 is 1.31 bits per heavy atom. The van der Waals surface area contributed by atoms with Crippen LogP contribution in [0.5, 0.6) is 0 Å². The van der Waals surface area contributed by atoms with Crippen LogP contribution in [0.2, 0.25) is 0 Å². The molecule has 0 aliphatic rings. The van der Waals surface area contributed by atoms with Gasteiger partial charge in [-0.05, 0) is 26.7 Å². The first kappa shape index (κ1) is 14.9. The molecule has 5 heteroatoms. The molecule has 0 aliphatic heterocycles. The molecule has 0 spiro atoms. The van der Waals surface area contributed by atoms with Crippen molar-refractivity contribution in [2.45, 2.75) is 46.3 Å². The number of hydrogen-bond acceptors (Lipinski definition) is 4. The molecule has 0 saturated carbocycles. The molecule has 3 N–H and O–H groups in total. The molecular weight excluding hydrogens is 208 g/mol. The van der Waals surface area contributed by atoms with Gasteiger partial charge < -0.3 is 15.8 Å². The van der Waals surface area contributed by atoms with E-state index in [2.05, 4.69) is 5.32 Å². The standard InChI is InChI=1S/C11H22N2O3/c1-7(2)9(12)10(15)13-6-8(14)16-11(3,4)5/h7,9H,6,12H2,1-5H3,(H,13,15). The molecule has 0 aromatic carbocycles. The Hall–Kier alpha value is -1.10. The Balaban J connectivity index is 3.98. The third-order valence-electron chi connectivity index (χ3n) is 1.85. The van der Waals surface area contributed by atoms with Crippen molar-refractivity contribution in [1.29, 1.82) is 0 Å². The van der Waals surface area contributed by atoms with E-state index < -0.39 is 17.6 Å². The maximum absolute atomic E-state index is 11.4. The van der Waals surface area contributed by atoms with Crippen LogP contribution in [0.15, 0.2) is 0 Å². The smallest absolute Gasteiger partial charge is 0.325 e. The van der Waals surface area contributed by atoms with Gasteiger partial charge in [0, 0.05) is 0 Å². The number of carbonyl (C=O) groups excluding carboxylic acids is 2. The number of amides is 1. The molecule has 0 aromatic rings. The third-order valence-corrected chi connectivity index (χ3v) is 1.85. The van der Waals surface area contributed by atoms with Crippen LogP contribution in [0.3, 0.4) is 0 Å². The second kappa shape index (κ2) is 5.84. The summed E-state index contributed by atoms with van der Waals surface area (Å²) >= 11 is 0. The second-order valence-electron chi connectivity index (χ2n) is 5.07. The average molecular weight is 230 g/mol. The van der Waals surface area contributed by atoms with E-state index in [-0.39, 0.29) is 18.4 Å². The molecule has 0 heterocycles. The van der Waals surface area contributed by atoms with Crippen molar-refractivity contribution in [3.63, 3.8) is 0 Å². The van der Waals surface area contributed by atoms with Crippen molar-refractivity contribution in [3.05, 3.63) is 0 Å². The van der Waals surface area contributed by atoms with Gasteiger partial charge in [-0.3, -0.25) is 9.59 Å². The van der Waals surface area contributed by atoms with Crippen LogP contribution in [-0.2, 0) is 14.3 Å². The van der Waals surface area contributed by atoms with Crippen molar-refractivity contribution >= 4 is 11.9 Å². The summed E-state index contributed by atoms with van der Waals surface area (Å²) < 4.78 is 5.03. The number of nitrogens with one attached hydrogen (secondary N) is 1. The van der Waals surface area contributed by atoms with Gasteiger partial charge in [0.1, 0.15) is 12.1 Å². The number of hydrogen-bond donors (Lipinski definition) is 2. The topological polar surface area (TPSA) is 81.4 Å². The van der Waals surface area contributed by atoms with Crippen LogP contribution in [0.25, 0.3) is 0 Å². The Bertz CT molecular complexity index is 256. The molecule has 1 amide bonds. The Morgan fingerprint density at radius 3 is 2.19 bits per heavy atom. The highest BCUT2D eigenvalue weighted by molar-refractivity contribution is 5.85. The van der Waals surface area contributed by atoms with Crippen LogP contribution in [0, 0.1) is 5.92 Å². The van der Waals surface area contributed by atoms with Crippen LogP contribution in [0.1, 0.15) is 34.6 Å². The van der Waals surface area contributed by atoms with E-state index in [9.17, 15) is 9.59 Å². The van der Waals surface area contributed by atoms with Crippen LogP contribution in [0.4, 0.5) is 0 Å². The molecule has 1 unspecified atom stereocenters. The first-order valence-corrected chi connectivity index (χ1v) is 5.38. The molecule has 1 atom stereocenters. The lowest BCUT2D eigenvalue weighted by atomic mass is 10.1. The van der Waals surface area contributed by atoms with Gasteiger partial charge >= 0.3 is 5.97 Å². The largest absolute Gasteiger partial charge is 0.459 e. The van der Waals surface area contributed by atoms with Crippen molar-refractivity contribution in [1.82, 2.24) is 5.32 Å². The highest BCUT2D eigenvalue weighted by Gasteiger charge is 2.20. The van der Waals surface area contributed by atoms with E-state index in [1.165, 1.54) is 0 Å². The van der Waals surface area contributed by atoms with Crippen molar-refractivity contribution in [3.8, 4) is 0 Å². The van der Waals surface area contributed by atoms with Gasteiger partial charge in [0.25, 0.3) is 0 Å². The molecule has 94 valence electrons. The Kier molecular flexibility index (Phi) is 5.44. The molecule has 0 aliphatic carbocycles. The van der Waals surface area contributed by atoms with Crippen LogP contribution in [-0.4, -0.2) is 30.1 Å². The maximum atomic E-state index is 11.4. The predicted octanol–water partition coefficient (Wildman–Crippen LogP) is 0.428. The summed E-state index contributed by atoms with van der Waals surface area (Å²) in [5.41, 5.74) is 5.07. The van der Waals surface area contributed by atoms with E-state index in [0.717, 1.165) is 0 Å². The number of esters is 1. The van der Waals surface area contributed by atoms with Crippen LogP contribution >= 0.6 is 0 Å². The molecular formula is C11H22N2O3. The SMILES string of the molecule is CC(C)C(N)C(=O)NCC(=O)OC(C)(C)C. The van der Waals surface area contributed by atoms with E-state index in [0.29, 0.717) is 0 Å². The first-order valence-electron chi connectivity index (χ1n) is 5.38. The van der Waals surface area contributed by atoms with Gasteiger partial charge in [-0.1, -0.05) is 13.8 Å². The van der Waals surface area contributed by atoms with E-state index in [1.807, 2.05) is 13.8 Å². The Morgan fingerprint density at radius 2 is 1.81 bits per heavy atom. The zero-order valence-corrected chi connectivity index (χ0v) is 10.7. The summed E-state index contributed by atoms with van der Waals surface area (Å²) in [5.74, 6) is -0.753. The summed E-state index contributed by atoms with van der Waals surface area (Å²) in [5, 5.41) is 2.45. The minimum Gasteiger partial charge on any atom is -0.459 e. The monoisotopic (exact) mass is 230 g/mol. The lowest BCUT2D eigenvalue weighted by Gasteiger charge is -2.20. The average Bonchev–Trinajstić information content (AvgIpc) is 2.09. The van der Waals surface area contributed by atoms with Crippen molar-refractivity contribution in [2.75, 3.05) is 6.54 Å². The molecule has 0 saturated heterocycles. The lowest BCUT2D eigenvalue weighted by molar-refractivity contribution is -0.154. The molecule has 0 bridgehead atoms. The summed E-state index contributed by atoms with van der Waals surface area (Å²) in [4.78, 5) is 22.7. The fourth-order valence-electron chi connectivity index (χ4n) is 0.957. The fraction of sp³-hybridized carbons (Fsp3) is 0.818. The van der Waals surface area contributed by atoms with E-state index in [1.54, 1.807) is 20.8 Å². The van der Waals surface area contributed by atoms with Crippen LogP contribution < -0.4 is 11.1 Å². The van der Waals surface area contributed by atoms with Crippen molar-refractivity contribution in [2.24, 2.45) is 11.7 Å². The second-order valence-corrected chi connectivity index (χ2v) is 5.07. The lowest BCUT2D eigenvalue weighted by Crippen LogP contribution is -2.46. The summed E-state index contributed by atoms with van der Waals surface area (Å²) in [6.07, 6.45) is 0. The zero-order valence-electron chi connectivity index (χ0n) is 10.7. The summed E-state index contributed by atoms with van der Waals surface area (Å²) in [7, 11) is 0. The molecule has 0 rings (SSSR count). The normalized spacial score (nSPS) is 13.4. The van der Waals surface area contributed by atoms with E-state index >= 15 is 0 Å². The molecule has 0 fully saturated rings. The summed E-state index contributed by atoms with van der Waals surface area (Å²) in [6, 6.07) is -0.595. The number of ether oxygens (including phenoxy) is 1. The predicted molar refractivity (Wildman–Crippen MR) is 61.7 cm³/mol. The maximum Gasteiger partial charge on any atom is 0.325 e. The number of rotatable bonds is 4. The quantitative estimate of drug-likeness (QED) is 0.686. The Labute approximate surface area is 96.7 Å². The fourth-order valence-corrected chi connectivity index (χ4v) is 0.957.